The Balaban J connectivity index is 2.83. The van der Waals surface area contributed by atoms with Crippen molar-refractivity contribution in [3.05, 3.63) is 35.9 Å². The van der Waals surface area contributed by atoms with E-state index < -0.39 is 42.2 Å². The van der Waals surface area contributed by atoms with Crippen LogP contribution in [0.5, 0.6) is 0 Å². The number of nitrogens with one attached hydrogen (secondary N) is 2. The van der Waals surface area contributed by atoms with Crippen LogP contribution >= 0.6 is 0 Å². The zero-order valence-corrected chi connectivity index (χ0v) is 12.6. The standard InChI is InChI=1S/C15H19N3O5/c1-9(19)17-12(7-10-5-3-2-4-6-10)15(23)18-11(14(16)22)8-13(20)21/h2-6,11-12H,7-8H2,1H3,(H2,16,22)(H,17,19)(H,18,23)(H,20,21)/t11-,12-/m0/s1. The van der Waals surface area contributed by atoms with Crippen LogP contribution < -0.4 is 16.4 Å². The Kier molecular flexibility index (Phi) is 6.72. The summed E-state index contributed by atoms with van der Waals surface area (Å²) in [6, 6.07) is 6.67. The van der Waals surface area contributed by atoms with E-state index in [0.717, 1.165) is 5.56 Å². The molecule has 8 heteroatoms. The highest BCUT2D eigenvalue weighted by Gasteiger charge is 2.26. The van der Waals surface area contributed by atoms with Gasteiger partial charge in [0, 0.05) is 13.3 Å². The van der Waals surface area contributed by atoms with E-state index in [1.54, 1.807) is 24.3 Å². The molecule has 0 unspecified atom stereocenters. The minimum Gasteiger partial charge on any atom is -0.481 e. The van der Waals surface area contributed by atoms with Gasteiger partial charge in [-0.15, -0.1) is 0 Å². The number of carbonyl (C=O) groups excluding carboxylic acids is 3. The van der Waals surface area contributed by atoms with Crippen LogP contribution in [-0.4, -0.2) is 40.9 Å². The number of carboxylic acids is 1. The molecule has 0 fully saturated rings. The first-order valence-corrected chi connectivity index (χ1v) is 6.92. The first kappa shape index (κ1) is 18.1. The third-order valence-electron chi connectivity index (χ3n) is 3.02. The minimum absolute atomic E-state index is 0.199. The maximum absolute atomic E-state index is 12.3. The molecule has 0 aromatic heterocycles. The van der Waals surface area contributed by atoms with Gasteiger partial charge in [0.05, 0.1) is 6.42 Å². The van der Waals surface area contributed by atoms with E-state index in [4.69, 9.17) is 10.8 Å². The Morgan fingerprint density at radius 2 is 1.70 bits per heavy atom. The summed E-state index contributed by atoms with van der Waals surface area (Å²) in [7, 11) is 0. The van der Waals surface area contributed by atoms with Gasteiger partial charge in [-0.2, -0.15) is 0 Å². The fraction of sp³-hybridized carbons (Fsp3) is 0.333. The summed E-state index contributed by atoms with van der Waals surface area (Å²) in [6.45, 7) is 1.26. The monoisotopic (exact) mass is 321 g/mol. The van der Waals surface area contributed by atoms with E-state index in [1.807, 2.05) is 6.07 Å². The molecule has 124 valence electrons. The average molecular weight is 321 g/mol. The molecule has 3 amide bonds. The number of carboxylic acid groups (broad SMARTS) is 1. The second-order valence-corrected chi connectivity index (χ2v) is 5.00. The van der Waals surface area contributed by atoms with E-state index in [2.05, 4.69) is 10.6 Å². The number of nitrogens with two attached hydrogens (primary N) is 1. The minimum atomic E-state index is -1.34. The number of rotatable bonds is 8. The Labute approximate surface area is 133 Å². The molecule has 2 atom stereocenters. The molecule has 0 radical (unpaired) electrons. The van der Waals surface area contributed by atoms with Gasteiger partial charge in [0.15, 0.2) is 0 Å². The van der Waals surface area contributed by atoms with Crippen molar-refractivity contribution in [3.8, 4) is 0 Å². The molecule has 5 N–H and O–H groups in total. The van der Waals surface area contributed by atoms with Crippen LogP contribution in [0.25, 0.3) is 0 Å². The van der Waals surface area contributed by atoms with Crippen LogP contribution in [0.15, 0.2) is 30.3 Å². The quantitative estimate of drug-likeness (QED) is 0.495. The van der Waals surface area contributed by atoms with Gasteiger partial charge >= 0.3 is 5.97 Å². The van der Waals surface area contributed by atoms with Gasteiger partial charge in [-0.25, -0.2) is 0 Å². The van der Waals surface area contributed by atoms with Crippen molar-refractivity contribution in [1.29, 1.82) is 0 Å². The highest BCUT2D eigenvalue weighted by molar-refractivity contribution is 5.93. The van der Waals surface area contributed by atoms with Crippen molar-refractivity contribution in [2.45, 2.75) is 31.8 Å². The van der Waals surface area contributed by atoms with Gasteiger partial charge in [-0.3, -0.25) is 19.2 Å². The highest BCUT2D eigenvalue weighted by Crippen LogP contribution is 2.04. The number of benzene rings is 1. The molecule has 0 bridgehead atoms. The predicted molar refractivity (Wildman–Crippen MR) is 81.1 cm³/mol. The zero-order chi connectivity index (χ0) is 17.4. The molecule has 0 heterocycles. The second kappa shape index (κ2) is 8.52. The fourth-order valence-corrected chi connectivity index (χ4v) is 1.97. The van der Waals surface area contributed by atoms with Crippen LogP contribution in [0, 0.1) is 0 Å². The number of primary amides is 1. The number of hydrogen-bond donors (Lipinski definition) is 4. The summed E-state index contributed by atoms with van der Waals surface area (Å²) in [6.07, 6.45) is -0.427. The van der Waals surface area contributed by atoms with Crippen LogP contribution in [0.3, 0.4) is 0 Å². The number of aliphatic carboxylic acids is 1. The Bertz CT molecular complexity index is 588. The highest BCUT2D eigenvalue weighted by atomic mass is 16.4. The normalized spacial score (nSPS) is 12.7. The Hall–Kier alpha value is -2.90. The molecule has 1 aromatic carbocycles. The van der Waals surface area contributed by atoms with Crippen molar-refractivity contribution in [2.24, 2.45) is 5.73 Å². The maximum Gasteiger partial charge on any atom is 0.305 e. The van der Waals surface area contributed by atoms with Crippen molar-refractivity contribution >= 4 is 23.7 Å². The lowest BCUT2D eigenvalue weighted by atomic mass is 10.0. The predicted octanol–water partition coefficient (Wildman–Crippen LogP) is -0.821. The molecule has 0 aliphatic heterocycles. The smallest absolute Gasteiger partial charge is 0.305 e. The van der Waals surface area contributed by atoms with E-state index in [9.17, 15) is 19.2 Å². The van der Waals surface area contributed by atoms with Crippen molar-refractivity contribution in [1.82, 2.24) is 10.6 Å². The SMILES string of the molecule is CC(=O)N[C@@H](Cc1ccccc1)C(=O)N[C@@H](CC(=O)O)C(N)=O. The van der Waals surface area contributed by atoms with Crippen LogP contribution in [0.4, 0.5) is 0 Å². The molecule has 0 saturated carbocycles. The molecule has 0 spiro atoms. The lowest BCUT2D eigenvalue weighted by Gasteiger charge is -2.20. The molecule has 1 rings (SSSR count). The van der Waals surface area contributed by atoms with Crippen LogP contribution in [0.2, 0.25) is 0 Å². The van der Waals surface area contributed by atoms with Gasteiger partial charge in [-0.05, 0) is 5.56 Å². The van der Waals surface area contributed by atoms with E-state index >= 15 is 0 Å². The van der Waals surface area contributed by atoms with Gasteiger partial charge in [0.25, 0.3) is 0 Å². The lowest BCUT2D eigenvalue weighted by Crippen LogP contribution is -2.53. The summed E-state index contributed by atoms with van der Waals surface area (Å²) in [5.74, 6) is -3.32. The molecule has 8 nitrogen and oxygen atoms in total. The van der Waals surface area contributed by atoms with Gasteiger partial charge in [-0.1, -0.05) is 30.3 Å². The summed E-state index contributed by atoms with van der Waals surface area (Å²) >= 11 is 0. The number of carbonyl (C=O) groups is 4. The molecule has 1 aromatic rings. The Morgan fingerprint density at radius 3 is 2.17 bits per heavy atom. The molecule has 0 aliphatic carbocycles. The third-order valence-corrected chi connectivity index (χ3v) is 3.02. The third kappa shape index (κ3) is 6.60. The first-order valence-electron chi connectivity index (χ1n) is 6.92. The lowest BCUT2D eigenvalue weighted by molar-refractivity contribution is -0.140. The van der Waals surface area contributed by atoms with E-state index in [-0.39, 0.29) is 6.42 Å². The molecule has 0 saturated heterocycles. The molecular formula is C15H19N3O5. The van der Waals surface area contributed by atoms with Crippen molar-refractivity contribution < 1.29 is 24.3 Å². The topological polar surface area (TPSA) is 139 Å². The number of amides is 3. The van der Waals surface area contributed by atoms with Gasteiger partial charge < -0.3 is 21.5 Å². The van der Waals surface area contributed by atoms with Crippen molar-refractivity contribution in [2.75, 3.05) is 0 Å². The number of hydrogen-bond acceptors (Lipinski definition) is 4. The first-order chi connectivity index (χ1) is 10.8. The largest absolute Gasteiger partial charge is 0.481 e. The summed E-state index contributed by atoms with van der Waals surface area (Å²) in [5.41, 5.74) is 5.88. The summed E-state index contributed by atoms with van der Waals surface area (Å²) in [5, 5.41) is 13.5. The molecule has 23 heavy (non-hydrogen) atoms. The van der Waals surface area contributed by atoms with E-state index in [1.165, 1.54) is 6.92 Å². The average Bonchev–Trinajstić information content (AvgIpc) is 2.45. The summed E-state index contributed by atoms with van der Waals surface area (Å²) in [4.78, 5) is 45.5. The van der Waals surface area contributed by atoms with Crippen LogP contribution in [0.1, 0.15) is 18.9 Å². The Morgan fingerprint density at radius 1 is 1.09 bits per heavy atom. The molecule has 0 aliphatic rings. The van der Waals surface area contributed by atoms with Gasteiger partial charge in [0.1, 0.15) is 12.1 Å². The van der Waals surface area contributed by atoms with Crippen LogP contribution in [-0.2, 0) is 25.6 Å². The fourth-order valence-electron chi connectivity index (χ4n) is 1.97. The second-order valence-electron chi connectivity index (χ2n) is 5.00. The molecular weight excluding hydrogens is 302 g/mol. The summed E-state index contributed by atoms with van der Waals surface area (Å²) < 4.78 is 0. The maximum atomic E-state index is 12.3. The zero-order valence-electron chi connectivity index (χ0n) is 12.6. The van der Waals surface area contributed by atoms with Gasteiger partial charge in [0.2, 0.25) is 17.7 Å². The van der Waals surface area contributed by atoms with Crippen molar-refractivity contribution in [3.63, 3.8) is 0 Å². The van der Waals surface area contributed by atoms with E-state index in [0.29, 0.717) is 0 Å².